The van der Waals surface area contributed by atoms with Crippen molar-refractivity contribution >= 4 is 50.6 Å². The number of methoxy groups -OCH3 is 1. The molecule has 0 atom stereocenters. The van der Waals surface area contributed by atoms with Crippen molar-refractivity contribution in [1.82, 2.24) is 24.8 Å². The zero-order valence-corrected chi connectivity index (χ0v) is 31.6. The largest absolute Gasteiger partial charge is 0.494 e. The van der Waals surface area contributed by atoms with E-state index in [0.717, 1.165) is 89.0 Å². The molecule has 4 N–H and O–H groups in total. The Hall–Kier alpha value is -4.50. The predicted molar refractivity (Wildman–Crippen MR) is 203 cm³/mol. The quantitative estimate of drug-likeness (QED) is 0.172. The molecule has 15 heteroatoms. The molecular weight excluding hydrogens is 683 g/mol. The number of primary amides is 1. The van der Waals surface area contributed by atoms with Crippen LogP contribution in [0.2, 0.25) is 0 Å². The topological polar surface area (TPSA) is 176 Å². The van der Waals surface area contributed by atoms with Gasteiger partial charge in [-0.25, -0.2) is 18.4 Å². The van der Waals surface area contributed by atoms with Crippen LogP contribution in [-0.4, -0.2) is 103 Å². The molecule has 1 aromatic heterocycles. The number of aromatic nitrogens is 3. The molecule has 2 aromatic carbocycles. The van der Waals surface area contributed by atoms with Gasteiger partial charge in [-0.3, -0.25) is 14.5 Å². The number of ether oxygens (including phenoxy) is 1. The number of nitrogens with one attached hydrogen (secondary N) is 2. The van der Waals surface area contributed by atoms with Gasteiger partial charge in [0, 0.05) is 69.9 Å². The van der Waals surface area contributed by atoms with E-state index in [-0.39, 0.29) is 28.6 Å². The Kier molecular flexibility index (Phi) is 13.3. The summed E-state index contributed by atoms with van der Waals surface area (Å²) in [6.45, 7) is 10.6. The molecule has 3 aromatic rings. The highest BCUT2D eigenvalue weighted by Crippen LogP contribution is 2.36. The summed E-state index contributed by atoms with van der Waals surface area (Å²) in [6.07, 6.45) is 7.99. The monoisotopic (exact) mass is 735 g/mol. The SMILES string of the molecule is COc1cc(N2CCC(N3CCN(C(=O)CCCCCCC(N)=O)CC3)CC2)c(C)cc1Nc1ncnc(Nc2ccccc2S(=O)(=O)C(C)C)n1. The van der Waals surface area contributed by atoms with Crippen molar-refractivity contribution in [1.29, 1.82) is 0 Å². The fraction of sp³-hybridized carbons (Fsp3) is 0.541. The number of rotatable bonds is 16. The number of anilines is 5. The molecule has 0 unspecified atom stereocenters. The fourth-order valence-corrected chi connectivity index (χ4v) is 8.11. The number of para-hydroxylation sites is 1. The number of piperidine rings is 1. The highest BCUT2D eigenvalue weighted by Gasteiger charge is 2.30. The summed E-state index contributed by atoms with van der Waals surface area (Å²) in [6, 6.07) is 11.3. The van der Waals surface area contributed by atoms with Crippen LogP contribution in [0.4, 0.5) is 29.0 Å². The summed E-state index contributed by atoms with van der Waals surface area (Å²) in [5.74, 6) is 1.12. The Morgan fingerprint density at radius 1 is 0.904 bits per heavy atom. The van der Waals surface area contributed by atoms with E-state index < -0.39 is 15.1 Å². The third-order valence-corrected chi connectivity index (χ3v) is 12.2. The molecule has 2 amide bonds. The number of benzene rings is 2. The smallest absolute Gasteiger partial charge is 0.232 e. The van der Waals surface area contributed by atoms with Crippen molar-refractivity contribution in [3.05, 3.63) is 48.3 Å². The van der Waals surface area contributed by atoms with Gasteiger partial charge < -0.3 is 30.9 Å². The van der Waals surface area contributed by atoms with E-state index in [2.05, 4.69) is 42.3 Å². The Morgan fingerprint density at radius 2 is 1.54 bits per heavy atom. The van der Waals surface area contributed by atoms with Crippen molar-refractivity contribution in [2.75, 3.05) is 61.9 Å². The van der Waals surface area contributed by atoms with Crippen LogP contribution in [0.5, 0.6) is 5.75 Å². The molecule has 52 heavy (non-hydrogen) atoms. The van der Waals surface area contributed by atoms with Crippen LogP contribution in [0, 0.1) is 6.92 Å². The van der Waals surface area contributed by atoms with Crippen molar-refractivity contribution in [2.24, 2.45) is 5.73 Å². The van der Waals surface area contributed by atoms with Gasteiger partial charge in [-0.2, -0.15) is 4.98 Å². The summed E-state index contributed by atoms with van der Waals surface area (Å²) in [7, 11) is -1.89. The first kappa shape index (κ1) is 38.7. The number of amides is 2. The standard InChI is InChI=1S/C37H53N9O5S/c1-26(2)52(49,50)33-12-10-9-11-29(33)41-36-39-25-40-37(43-36)42-30-23-27(3)31(24-32(30)51-4)45-17-15-28(16-18-45)44-19-21-46(22-20-44)35(48)14-8-6-5-7-13-34(38)47/h9-12,23-26,28H,5-8,13-22H2,1-4H3,(H2,38,47)(H2,39,40,41,42,43). The van der Waals surface area contributed by atoms with E-state index in [9.17, 15) is 18.0 Å². The summed E-state index contributed by atoms with van der Waals surface area (Å²) in [5, 5.41) is 5.73. The number of carbonyl (C=O) groups is 2. The second-order valence-electron chi connectivity index (χ2n) is 13.8. The van der Waals surface area contributed by atoms with Gasteiger partial charge in [0.25, 0.3) is 0 Å². The maximum absolute atomic E-state index is 12.9. The molecule has 0 aliphatic carbocycles. The average molecular weight is 736 g/mol. The Bertz CT molecular complexity index is 1790. The van der Waals surface area contributed by atoms with Crippen LogP contribution in [0.25, 0.3) is 0 Å². The van der Waals surface area contributed by atoms with Crippen molar-refractivity contribution < 1.29 is 22.7 Å². The van der Waals surface area contributed by atoms with Crippen LogP contribution in [0.15, 0.2) is 47.6 Å². The highest BCUT2D eigenvalue weighted by molar-refractivity contribution is 7.92. The third-order valence-electron chi connectivity index (χ3n) is 9.95. The maximum atomic E-state index is 12.9. The Balaban J connectivity index is 1.14. The highest BCUT2D eigenvalue weighted by atomic mass is 32.2. The van der Waals surface area contributed by atoms with Crippen LogP contribution in [0.3, 0.4) is 0 Å². The molecule has 2 saturated heterocycles. The van der Waals surface area contributed by atoms with Crippen molar-refractivity contribution in [3.63, 3.8) is 0 Å². The first-order valence-corrected chi connectivity index (χ1v) is 19.8. The molecule has 282 valence electrons. The fourth-order valence-electron chi connectivity index (χ4n) is 6.91. The minimum absolute atomic E-state index is 0.185. The third kappa shape index (κ3) is 9.88. The Morgan fingerprint density at radius 3 is 2.17 bits per heavy atom. The van der Waals surface area contributed by atoms with Gasteiger partial charge >= 0.3 is 0 Å². The summed E-state index contributed by atoms with van der Waals surface area (Å²) in [5.41, 5.74) is 8.50. The lowest BCUT2D eigenvalue weighted by Crippen LogP contribution is -2.54. The van der Waals surface area contributed by atoms with Crippen LogP contribution < -0.4 is 26.0 Å². The molecule has 0 saturated carbocycles. The average Bonchev–Trinajstić information content (AvgIpc) is 3.13. The predicted octanol–water partition coefficient (Wildman–Crippen LogP) is 4.80. The lowest BCUT2D eigenvalue weighted by molar-refractivity contribution is -0.133. The first-order valence-electron chi connectivity index (χ1n) is 18.3. The zero-order chi connectivity index (χ0) is 37.3. The number of aryl methyl sites for hydroxylation is 1. The van der Waals surface area contributed by atoms with Crippen LogP contribution >= 0.6 is 0 Å². The lowest BCUT2D eigenvalue weighted by Gasteiger charge is -2.43. The molecule has 0 bridgehead atoms. The molecular formula is C37H53N9O5S. The van der Waals surface area contributed by atoms with Crippen LogP contribution in [0.1, 0.15) is 70.8 Å². The second kappa shape index (κ2) is 17.8. The molecule has 0 radical (unpaired) electrons. The van der Waals surface area contributed by atoms with Crippen LogP contribution in [-0.2, 0) is 19.4 Å². The summed E-state index contributed by atoms with van der Waals surface area (Å²) >= 11 is 0. The number of unbranched alkanes of at least 4 members (excludes halogenated alkanes) is 3. The minimum Gasteiger partial charge on any atom is -0.494 e. The van der Waals surface area contributed by atoms with Gasteiger partial charge in [0.2, 0.25) is 23.7 Å². The second-order valence-corrected chi connectivity index (χ2v) is 16.3. The summed E-state index contributed by atoms with van der Waals surface area (Å²) < 4.78 is 31.7. The number of nitrogens with zero attached hydrogens (tertiary/aromatic N) is 6. The van der Waals surface area contributed by atoms with Gasteiger partial charge in [-0.15, -0.1) is 0 Å². The van der Waals surface area contributed by atoms with Gasteiger partial charge in [-0.1, -0.05) is 25.0 Å². The number of nitrogens with two attached hydrogens (primary N) is 1. The molecule has 5 rings (SSSR count). The zero-order valence-electron chi connectivity index (χ0n) is 30.8. The maximum Gasteiger partial charge on any atom is 0.232 e. The van der Waals surface area contributed by atoms with Gasteiger partial charge in [-0.05, 0) is 70.2 Å². The molecule has 2 aliphatic heterocycles. The molecule has 0 spiro atoms. The van der Waals surface area contributed by atoms with Gasteiger partial charge in [0.05, 0.1) is 28.6 Å². The van der Waals surface area contributed by atoms with E-state index in [4.69, 9.17) is 10.5 Å². The van der Waals surface area contributed by atoms with Gasteiger partial charge in [0.15, 0.2) is 9.84 Å². The normalized spacial score (nSPS) is 15.9. The van der Waals surface area contributed by atoms with E-state index >= 15 is 0 Å². The molecule has 2 aliphatic rings. The minimum atomic E-state index is -3.53. The lowest BCUT2D eigenvalue weighted by atomic mass is 10.00. The Labute approximate surface area is 307 Å². The van der Waals surface area contributed by atoms with E-state index in [1.165, 1.54) is 6.33 Å². The van der Waals surface area contributed by atoms with E-state index in [1.807, 2.05) is 17.0 Å². The number of sulfone groups is 1. The number of hydrogen-bond acceptors (Lipinski definition) is 12. The van der Waals surface area contributed by atoms with Crippen molar-refractivity contribution in [2.45, 2.75) is 88.3 Å². The number of hydrogen-bond donors (Lipinski definition) is 3. The summed E-state index contributed by atoms with van der Waals surface area (Å²) in [4.78, 5) is 43.8. The first-order chi connectivity index (χ1) is 25.0. The van der Waals surface area contributed by atoms with E-state index in [0.29, 0.717) is 36.0 Å². The molecule has 2 fully saturated rings. The van der Waals surface area contributed by atoms with Crippen molar-refractivity contribution in [3.8, 4) is 5.75 Å². The molecule has 3 heterocycles. The number of carbonyl (C=O) groups excluding carboxylic acids is 2. The number of piperazine rings is 1. The molecule has 14 nitrogen and oxygen atoms in total. The van der Waals surface area contributed by atoms with E-state index in [1.54, 1.807) is 45.2 Å². The van der Waals surface area contributed by atoms with Gasteiger partial charge in [0.1, 0.15) is 12.1 Å².